The summed E-state index contributed by atoms with van der Waals surface area (Å²) in [5.41, 5.74) is 7.25. The Morgan fingerprint density at radius 3 is 2.86 bits per heavy atom. The van der Waals surface area contributed by atoms with Crippen molar-refractivity contribution in [2.75, 3.05) is 6.54 Å². The number of amides is 1. The second kappa shape index (κ2) is 6.32. The van der Waals surface area contributed by atoms with Gasteiger partial charge in [0.05, 0.1) is 0 Å². The summed E-state index contributed by atoms with van der Waals surface area (Å²) < 4.78 is 5.47. The summed E-state index contributed by atoms with van der Waals surface area (Å²) in [5.74, 6) is 0.381. The molecule has 2 atom stereocenters. The molecule has 5 heteroatoms. The van der Waals surface area contributed by atoms with E-state index in [0.717, 1.165) is 31.4 Å². The molecule has 1 fully saturated rings. The van der Waals surface area contributed by atoms with Crippen LogP contribution >= 0.6 is 0 Å². The largest absolute Gasteiger partial charge is 0.444 e. The molecule has 0 aliphatic carbocycles. The quantitative estimate of drug-likeness (QED) is 0.945. The van der Waals surface area contributed by atoms with E-state index < -0.39 is 0 Å². The Bertz CT molecular complexity index is 636. The standard InChI is InChI=1S/C17H21N3O2/c1-12(18)15-9-5-6-10-20(15)17(21)14-11-22-16(19-14)13-7-3-2-4-8-13/h2-4,7-8,11-12,15H,5-6,9-10,18H2,1H3. The summed E-state index contributed by atoms with van der Waals surface area (Å²) in [5, 5.41) is 0. The van der Waals surface area contributed by atoms with E-state index in [1.54, 1.807) is 0 Å². The van der Waals surface area contributed by atoms with E-state index in [1.807, 2.05) is 42.2 Å². The third-order valence-corrected chi connectivity index (χ3v) is 4.16. The van der Waals surface area contributed by atoms with Crippen LogP contribution in [0.2, 0.25) is 0 Å². The molecular weight excluding hydrogens is 278 g/mol. The van der Waals surface area contributed by atoms with Crippen molar-refractivity contribution in [3.05, 3.63) is 42.3 Å². The molecule has 116 valence electrons. The van der Waals surface area contributed by atoms with Crippen molar-refractivity contribution in [2.45, 2.75) is 38.3 Å². The van der Waals surface area contributed by atoms with Crippen LogP contribution in [0.15, 0.2) is 41.0 Å². The maximum Gasteiger partial charge on any atom is 0.276 e. The van der Waals surface area contributed by atoms with Gasteiger partial charge in [0.1, 0.15) is 6.26 Å². The molecule has 1 aromatic heterocycles. The molecule has 3 rings (SSSR count). The summed E-state index contributed by atoms with van der Waals surface area (Å²) in [7, 11) is 0. The number of carbonyl (C=O) groups excluding carboxylic acids is 1. The maximum absolute atomic E-state index is 12.7. The molecule has 1 aliphatic rings. The molecule has 1 aromatic carbocycles. The van der Waals surface area contributed by atoms with Crippen LogP contribution in [0.3, 0.4) is 0 Å². The van der Waals surface area contributed by atoms with Gasteiger partial charge in [-0.3, -0.25) is 4.79 Å². The molecule has 0 radical (unpaired) electrons. The Morgan fingerprint density at radius 2 is 2.14 bits per heavy atom. The van der Waals surface area contributed by atoms with Crippen LogP contribution in [0, 0.1) is 0 Å². The fourth-order valence-electron chi connectivity index (χ4n) is 2.99. The molecule has 1 aliphatic heterocycles. The van der Waals surface area contributed by atoms with Gasteiger partial charge in [0.2, 0.25) is 5.89 Å². The molecule has 2 heterocycles. The van der Waals surface area contributed by atoms with E-state index in [0.29, 0.717) is 11.6 Å². The van der Waals surface area contributed by atoms with Crippen LogP contribution in [0.1, 0.15) is 36.7 Å². The molecule has 2 N–H and O–H groups in total. The SMILES string of the molecule is CC(N)C1CCCCN1C(=O)c1coc(-c2ccccc2)n1. The first-order valence-electron chi connectivity index (χ1n) is 7.74. The third kappa shape index (κ3) is 2.90. The van der Waals surface area contributed by atoms with Gasteiger partial charge in [-0.05, 0) is 38.3 Å². The average molecular weight is 299 g/mol. The molecule has 0 spiro atoms. The highest BCUT2D eigenvalue weighted by Crippen LogP contribution is 2.23. The monoisotopic (exact) mass is 299 g/mol. The highest BCUT2D eigenvalue weighted by Gasteiger charge is 2.31. The van der Waals surface area contributed by atoms with Crippen molar-refractivity contribution in [3.63, 3.8) is 0 Å². The van der Waals surface area contributed by atoms with E-state index in [1.165, 1.54) is 6.26 Å². The van der Waals surface area contributed by atoms with Gasteiger partial charge in [0, 0.05) is 24.2 Å². The van der Waals surface area contributed by atoms with E-state index in [9.17, 15) is 4.79 Å². The Kier molecular flexibility index (Phi) is 4.24. The minimum atomic E-state index is -0.0899. The lowest BCUT2D eigenvalue weighted by Crippen LogP contribution is -2.51. The van der Waals surface area contributed by atoms with Gasteiger partial charge >= 0.3 is 0 Å². The van der Waals surface area contributed by atoms with E-state index in [2.05, 4.69) is 4.98 Å². The summed E-state index contributed by atoms with van der Waals surface area (Å²) in [6, 6.07) is 9.62. The zero-order chi connectivity index (χ0) is 15.5. The van der Waals surface area contributed by atoms with Crippen LogP contribution in [-0.4, -0.2) is 34.4 Å². The maximum atomic E-state index is 12.7. The first-order valence-corrected chi connectivity index (χ1v) is 7.74. The molecule has 0 bridgehead atoms. The normalized spacial score (nSPS) is 19.9. The summed E-state index contributed by atoms with van der Waals surface area (Å²) in [6.07, 6.45) is 4.52. The van der Waals surface area contributed by atoms with Gasteiger partial charge in [0.25, 0.3) is 5.91 Å². The summed E-state index contributed by atoms with van der Waals surface area (Å²) in [6.45, 7) is 2.69. The molecule has 0 saturated carbocycles. The second-order valence-corrected chi connectivity index (χ2v) is 5.82. The fourth-order valence-corrected chi connectivity index (χ4v) is 2.99. The number of rotatable bonds is 3. The van der Waals surface area contributed by atoms with Crippen LogP contribution in [-0.2, 0) is 0 Å². The Labute approximate surface area is 130 Å². The van der Waals surface area contributed by atoms with Crippen LogP contribution in [0.4, 0.5) is 0 Å². The lowest BCUT2D eigenvalue weighted by molar-refractivity contribution is 0.0577. The van der Waals surface area contributed by atoms with E-state index in [-0.39, 0.29) is 18.0 Å². The van der Waals surface area contributed by atoms with Crippen LogP contribution in [0.5, 0.6) is 0 Å². The van der Waals surface area contributed by atoms with Crippen molar-refractivity contribution in [1.82, 2.24) is 9.88 Å². The number of nitrogens with two attached hydrogens (primary N) is 1. The Morgan fingerprint density at radius 1 is 1.36 bits per heavy atom. The molecule has 1 amide bonds. The first-order chi connectivity index (χ1) is 10.7. The number of hydrogen-bond donors (Lipinski definition) is 1. The van der Waals surface area contributed by atoms with E-state index in [4.69, 9.17) is 10.2 Å². The van der Waals surface area contributed by atoms with Crippen molar-refractivity contribution >= 4 is 5.91 Å². The Balaban J connectivity index is 1.82. The van der Waals surface area contributed by atoms with Gasteiger partial charge in [-0.15, -0.1) is 0 Å². The first kappa shape index (κ1) is 14.8. The fraction of sp³-hybridized carbons (Fsp3) is 0.412. The average Bonchev–Trinajstić information content (AvgIpc) is 3.05. The predicted octanol–water partition coefficient (Wildman–Crippen LogP) is 2.68. The van der Waals surface area contributed by atoms with Gasteiger partial charge in [-0.1, -0.05) is 18.2 Å². The van der Waals surface area contributed by atoms with Gasteiger partial charge < -0.3 is 15.1 Å². The molecular formula is C17H21N3O2. The van der Waals surface area contributed by atoms with Crippen molar-refractivity contribution < 1.29 is 9.21 Å². The lowest BCUT2D eigenvalue weighted by Gasteiger charge is -2.37. The molecule has 1 saturated heterocycles. The van der Waals surface area contributed by atoms with Gasteiger partial charge in [-0.25, -0.2) is 4.98 Å². The summed E-state index contributed by atoms with van der Waals surface area (Å²) >= 11 is 0. The number of oxazole rings is 1. The van der Waals surface area contributed by atoms with Gasteiger partial charge in [-0.2, -0.15) is 0 Å². The minimum Gasteiger partial charge on any atom is -0.444 e. The number of benzene rings is 1. The number of aromatic nitrogens is 1. The number of nitrogens with zero attached hydrogens (tertiary/aromatic N) is 2. The van der Waals surface area contributed by atoms with E-state index >= 15 is 0 Å². The highest BCUT2D eigenvalue weighted by atomic mass is 16.3. The van der Waals surface area contributed by atoms with Crippen molar-refractivity contribution in [1.29, 1.82) is 0 Å². The Hall–Kier alpha value is -2.14. The third-order valence-electron chi connectivity index (χ3n) is 4.16. The highest BCUT2D eigenvalue weighted by molar-refractivity contribution is 5.92. The van der Waals surface area contributed by atoms with Crippen LogP contribution in [0.25, 0.3) is 11.5 Å². The zero-order valence-electron chi connectivity index (χ0n) is 12.7. The van der Waals surface area contributed by atoms with Crippen molar-refractivity contribution in [3.8, 4) is 11.5 Å². The number of carbonyl (C=O) groups is 1. The zero-order valence-corrected chi connectivity index (χ0v) is 12.7. The second-order valence-electron chi connectivity index (χ2n) is 5.82. The molecule has 2 unspecified atom stereocenters. The molecule has 2 aromatic rings. The molecule has 22 heavy (non-hydrogen) atoms. The number of piperidine rings is 1. The number of likely N-dealkylation sites (tertiary alicyclic amines) is 1. The predicted molar refractivity (Wildman–Crippen MR) is 84.3 cm³/mol. The summed E-state index contributed by atoms with van der Waals surface area (Å²) in [4.78, 5) is 18.9. The van der Waals surface area contributed by atoms with Crippen LogP contribution < -0.4 is 5.73 Å². The van der Waals surface area contributed by atoms with Crippen molar-refractivity contribution in [2.24, 2.45) is 5.73 Å². The smallest absolute Gasteiger partial charge is 0.276 e. The molecule has 5 nitrogen and oxygen atoms in total. The van der Waals surface area contributed by atoms with Gasteiger partial charge in [0.15, 0.2) is 5.69 Å². The minimum absolute atomic E-state index is 0.0373. The topological polar surface area (TPSA) is 72.4 Å². The number of hydrogen-bond acceptors (Lipinski definition) is 4. The lowest BCUT2D eigenvalue weighted by atomic mass is 9.96.